The average Bonchev–Trinajstić information content (AvgIpc) is 2.62. The highest BCUT2D eigenvalue weighted by molar-refractivity contribution is 6.30. The molecule has 5 heteroatoms. The van der Waals surface area contributed by atoms with Crippen molar-refractivity contribution < 1.29 is 0 Å². The third-order valence-electron chi connectivity index (χ3n) is 3.93. The maximum absolute atomic E-state index is 8.92. The molecule has 0 aliphatic rings. The minimum absolute atomic E-state index is 0.625. The number of halogens is 1. The fourth-order valence-corrected chi connectivity index (χ4v) is 2.83. The Hall–Kier alpha value is -2.90. The zero-order valence-corrected chi connectivity index (χ0v) is 14.8. The van der Waals surface area contributed by atoms with Crippen LogP contribution in [0.15, 0.2) is 48.5 Å². The van der Waals surface area contributed by atoms with Crippen molar-refractivity contribution in [2.45, 2.75) is 20.3 Å². The molecule has 0 bridgehead atoms. The van der Waals surface area contributed by atoms with Crippen LogP contribution in [-0.4, -0.2) is 9.97 Å². The fraction of sp³-hybridized carbons (Fsp3) is 0.150. The number of anilines is 2. The molecule has 25 heavy (non-hydrogen) atoms. The van der Waals surface area contributed by atoms with Gasteiger partial charge in [-0.05, 0) is 49.7 Å². The molecule has 0 spiro atoms. The lowest BCUT2D eigenvalue weighted by Gasteiger charge is -2.14. The SMILES string of the molecule is CCc1c(C)nc(-c2cccc(Cl)c2)nc1Nc1ccc(C#N)cc1. The van der Waals surface area contributed by atoms with Gasteiger partial charge in [0.05, 0.1) is 11.6 Å². The molecular weight excluding hydrogens is 332 g/mol. The van der Waals surface area contributed by atoms with Crippen LogP contribution in [0.25, 0.3) is 11.4 Å². The summed E-state index contributed by atoms with van der Waals surface area (Å²) < 4.78 is 0. The highest BCUT2D eigenvalue weighted by Gasteiger charge is 2.12. The van der Waals surface area contributed by atoms with E-state index in [1.807, 2.05) is 43.3 Å². The normalized spacial score (nSPS) is 10.3. The van der Waals surface area contributed by atoms with E-state index in [0.29, 0.717) is 16.4 Å². The van der Waals surface area contributed by atoms with Crippen LogP contribution in [-0.2, 0) is 6.42 Å². The van der Waals surface area contributed by atoms with Crippen molar-refractivity contribution in [2.75, 3.05) is 5.32 Å². The summed E-state index contributed by atoms with van der Waals surface area (Å²) in [6.07, 6.45) is 0.820. The van der Waals surface area contributed by atoms with Gasteiger partial charge in [-0.2, -0.15) is 5.26 Å². The Bertz CT molecular complexity index is 943. The van der Waals surface area contributed by atoms with Crippen molar-refractivity contribution in [1.29, 1.82) is 5.26 Å². The molecule has 1 aromatic heterocycles. The van der Waals surface area contributed by atoms with Crippen LogP contribution in [0, 0.1) is 18.3 Å². The van der Waals surface area contributed by atoms with Gasteiger partial charge in [-0.1, -0.05) is 30.7 Å². The molecule has 0 aliphatic heterocycles. The Morgan fingerprint density at radius 3 is 2.52 bits per heavy atom. The van der Waals surface area contributed by atoms with Gasteiger partial charge in [-0.15, -0.1) is 0 Å². The molecular formula is C20H17ClN4. The molecule has 0 unspecified atom stereocenters. The molecule has 2 aromatic carbocycles. The molecule has 0 atom stereocenters. The molecule has 0 amide bonds. The fourth-order valence-electron chi connectivity index (χ4n) is 2.64. The highest BCUT2D eigenvalue weighted by Crippen LogP contribution is 2.26. The number of rotatable bonds is 4. The second kappa shape index (κ2) is 7.33. The number of aryl methyl sites for hydroxylation is 1. The van der Waals surface area contributed by atoms with Crippen molar-refractivity contribution in [3.63, 3.8) is 0 Å². The average molecular weight is 349 g/mol. The van der Waals surface area contributed by atoms with E-state index in [0.717, 1.165) is 34.7 Å². The van der Waals surface area contributed by atoms with Crippen LogP contribution in [0.4, 0.5) is 11.5 Å². The Balaban J connectivity index is 2.03. The number of nitriles is 1. The summed E-state index contributed by atoms with van der Waals surface area (Å²) in [6, 6.07) is 16.9. The molecule has 0 saturated heterocycles. The van der Waals surface area contributed by atoms with Gasteiger partial charge >= 0.3 is 0 Å². The van der Waals surface area contributed by atoms with Crippen LogP contribution < -0.4 is 5.32 Å². The molecule has 3 aromatic rings. The summed E-state index contributed by atoms with van der Waals surface area (Å²) >= 11 is 6.09. The van der Waals surface area contributed by atoms with Gasteiger partial charge in [-0.25, -0.2) is 9.97 Å². The van der Waals surface area contributed by atoms with Gasteiger partial charge in [0.25, 0.3) is 0 Å². The van der Waals surface area contributed by atoms with Crippen molar-refractivity contribution >= 4 is 23.1 Å². The number of hydrogen-bond acceptors (Lipinski definition) is 4. The van der Waals surface area contributed by atoms with Crippen LogP contribution in [0.5, 0.6) is 0 Å². The van der Waals surface area contributed by atoms with Crippen LogP contribution in [0.3, 0.4) is 0 Å². The number of nitrogens with one attached hydrogen (secondary N) is 1. The molecule has 0 aliphatic carbocycles. The third kappa shape index (κ3) is 3.78. The van der Waals surface area contributed by atoms with Gasteiger partial charge in [0.1, 0.15) is 5.82 Å². The quantitative estimate of drug-likeness (QED) is 0.696. The van der Waals surface area contributed by atoms with Gasteiger partial charge in [-0.3, -0.25) is 0 Å². The first-order valence-electron chi connectivity index (χ1n) is 8.01. The van der Waals surface area contributed by atoms with E-state index in [1.54, 1.807) is 12.1 Å². The molecule has 0 saturated carbocycles. The van der Waals surface area contributed by atoms with Crippen molar-refractivity contribution in [3.8, 4) is 17.5 Å². The summed E-state index contributed by atoms with van der Waals surface area (Å²) in [4.78, 5) is 9.34. The van der Waals surface area contributed by atoms with Crippen LogP contribution in [0.1, 0.15) is 23.7 Å². The van der Waals surface area contributed by atoms with Gasteiger partial charge < -0.3 is 5.32 Å². The summed E-state index contributed by atoms with van der Waals surface area (Å²) in [5.74, 6) is 1.41. The predicted octanol–water partition coefficient (Wildman–Crippen LogP) is 5.28. The van der Waals surface area contributed by atoms with E-state index in [9.17, 15) is 0 Å². The molecule has 0 fully saturated rings. The molecule has 4 nitrogen and oxygen atoms in total. The largest absolute Gasteiger partial charge is 0.340 e. The van der Waals surface area contributed by atoms with Crippen molar-refractivity contribution in [1.82, 2.24) is 9.97 Å². The third-order valence-corrected chi connectivity index (χ3v) is 4.16. The monoisotopic (exact) mass is 348 g/mol. The standard InChI is InChI=1S/C20H17ClN4/c1-3-18-13(2)23-19(15-5-4-6-16(21)11-15)25-20(18)24-17-9-7-14(12-22)8-10-17/h4-11H,3H2,1-2H3,(H,23,24,25). The molecule has 124 valence electrons. The van der Waals surface area contributed by atoms with E-state index in [4.69, 9.17) is 21.8 Å². The van der Waals surface area contributed by atoms with E-state index in [1.165, 1.54) is 0 Å². The van der Waals surface area contributed by atoms with Crippen LogP contribution in [0.2, 0.25) is 5.02 Å². The summed E-state index contributed by atoms with van der Waals surface area (Å²) in [6.45, 7) is 4.06. The van der Waals surface area contributed by atoms with E-state index < -0.39 is 0 Å². The maximum Gasteiger partial charge on any atom is 0.161 e. The van der Waals surface area contributed by atoms with Crippen molar-refractivity contribution in [2.24, 2.45) is 0 Å². The number of aromatic nitrogens is 2. The number of nitrogens with zero attached hydrogens (tertiary/aromatic N) is 3. The smallest absolute Gasteiger partial charge is 0.161 e. The van der Waals surface area contributed by atoms with E-state index in [-0.39, 0.29) is 0 Å². The Labute approximate surface area is 152 Å². The lowest BCUT2D eigenvalue weighted by atomic mass is 10.1. The minimum Gasteiger partial charge on any atom is -0.340 e. The number of hydrogen-bond donors (Lipinski definition) is 1. The number of benzene rings is 2. The van der Waals surface area contributed by atoms with Crippen LogP contribution >= 0.6 is 11.6 Å². The van der Waals surface area contributed by atoms with E-state index >= 15 is 0 Å². The first-order chi connectivity index (χ1) is 12.1. The lowest BCUT2D eigenvalue weighted by molar-refractivity contribution is 1.01. The summed E-state index contributed by atoms with van der Waals surface area (Å²) in [5.41, 5.74) is 4.38. The second-order valence-electron chi connectivity index (χ2n) is 5.64. The van der Waals surface area contributed by atoms with Gasteiger partial charge in [0, 0.05) is 27.5 Å². The Morgan fingerprint density at radius 2 is 1.88 bits per heavy atom. The topological polar surface area (TPSA) is 61.6 Å². The second-order valence-corrected chi connectivity index (χ2v) is 6.07. The maximum atomic E-state index is 8.92. The first-order valence-corrected chi connectivity index (χ1v) is 8.39. The van der Waals surface area contributed by atoms with Gasteiger partial charge in [0.15, 0.2) is 5.82 Å². The van der Waals surface area contributed by atoms with Crippen molar-refractivity contribution in [3.05, 3.63) is 70.4 Å². The summed E-state index contributed by atoms with van der Waals surface area (Å²) in [7, 11) is 0. The van der Waals surface area contributed by atoms with Gasteiger partial charge in [0.2, 0.25) is 0 Å². The molecule has 1 N–H and O–H groups in total. The van der Waals surface area contributed by atoms with E-state index in [2.05, 4.69) is 23.3 Å². The minimum atomic E-state index is 0.625. The zero-order chi connectivity index (χ0) is 17.8. The predicted molar refractivity (Wildman–Crippen MR) is 101 cm³/mol. The zero-order valence-electron chi connectivity index (χ0n) is 14.0. The molecule has 1 heterocycles. The lowest BCUT2D eigenvalue weighted by Crippen LogP contribution is -2.05. The highest BCUT2D eigenvalue weighted by atomic mass is 35.5. The molecule has 3 rings (SSSR count). The Kier molecular flexibility index (Phi) is 4.97. The summed E-state index contributed by atoms with van der Waals surface area (Å²) in [5, 5.41) is 12.9. The molecule has 0 radical (unpaired) electrons. The first kappa shape index (κ1) is 16.9. The Morgan fingerprint density at radius 1 is 1.12 bits per heavy atom.